The fourth-order valence-electron chi connectivity index (χ4n) is 3.25. The Morgan fingerprint density at radius 2 is 0.778 bits per heavy atom. The van der Waals surface area contributed by atoms with Crippen LogP contribution in [0, 0.1) is 0 Å². The standard InChI is InChI=1S/C30H27N3O3/c1-19(2)22-10-7-13-25(16-22)34-28-31-29(35-26-14-8-11-23(17-26)20(3)4)33-30(32-28)36-27-15-9-12-24(18-27)21(5)6/h7-18H,1,3,5H2,2,4,6H3. The van der Waals surface area contributed by atoms with Gasteiger partial charge in [-0.2, -0.15) is 0 Å². The summed E-state index contributed by atoms with van der Waals surface area (Å²) in [5, 5.41) is 0. The third-order valence-corrected chi connectivity index (χ3v) is 5.18. The lowest BCUT2D eigenvalue weighted by Gasteiger charge is -2.11. The van der Waals surface area contributed by atoms with Gasteiger partial charge in [0.1, 0.15) is 17.2 Å². The number of hydrogen-bond donors (Lipinski definition) is 0. The van der Waals surface area contributed by atoms with E-state index in [2.05, 4.69) is 34.7 Å². The fourth-order valence-corrected chi connectivity index (χ4v) is 3.25. The van der Waals surface area contributed by atoms with Gasteiger partial charge in [0.15, 0.2) is 0 Å². The summed E-state index contributed by atoms with van der Waals surface area (Å²) in [6, 6.07) is 22.6. The van der Waals surface area contributed by atoms with Gasteiger partial charge in [-0.3, -0.25) is 0 Å². The molecule has 0 N–H and O–H groups in total. The van der Waals surface area contributed by atoms with E-state index in [4.69, 9.17) is 14.2 Å². The van der Waals surface area contributed by atoms with Crippen molar-refractivity contribution in [2.45, 2.75) is 20.8 Å². The molecule has 6 nitrogen and oxygen atoms in total. The number of ether oxygens (including phenoxy) is 3. The number of rotatable bonds is 9. The predicted octanol–water partition coefficient (Wildman–Crippen LogP) is 8.35. The van der Waals surface area contributed by atoms with Gasteiger partial charge in [0, 0.05) is 0 Å². The summed E-state index contributed by atoms with van der Waals surface area (Å²) in [5.74, 6) is 1.64. The van der Waals surface area contributed by atoms with Crippen LogP contribution in [0.25, 0.3) is 16.7 Å². The highest BCUT2D eigenvalue weighted by Crippen LogP contribution is 2.29. The zero-order valence-electron chi connectivity index (χ0n) is 20.6. The lowest BCUT2D eigenvalue weighted by atomic mass is 10.1. The second-order valence-corrected chi connectivity index (χ2v) is 8.41. The van der Waals surface area contributed by atoms with E-state index in [9.17, 15) is 0 Å². The van der Waals surface area contributed by atoms with Crippen molar-refractivity contribution >= 4 is 16.7 Å². The van der Waals surface area contributed by atoms with Crippen molar-refractivity contribution < 1.29 is 14.2 Å². The summed E-state index contributed by atoms with van der Waals surface area (Å²) in [7, 11) is 0. The highest BCUT2D eigenvalue weighted by atomic mass is 16.5. The van der Waals surface area contributed by atoms with Crippen molar-refractivity contribution in [3.8, 4) is 35.3 Å². The van der Waals surface area contributed by atoms with Crippen LogP contribution >= 0.6 is 0 Å². The van der Waals surface area contributed by atoms with Crippen LogP contribution in [0.4, 0.5) is 0 Å². The van der Waals surface area contributed by atoms with Crippen LogP contribution in [0.15, 0.2) is 92.5 Å². The first-order valence-electron chi connectivity index (χ1n) is 11.3. The average Bonchev–Trinajstić information content (AvgIpc) is 2.84. The Morgan fingerprint density at radius 3 is 1.03 bits per heavy atom. The molecule has 0 saturated heterocycles. The smallest absolute Gasteiger partial charge is 0.331 e. The molecule has 0 saturated carbocycles. The van der Waals surface area contributed by atoms with E-state index in [-0.39, 0.29) is 18.0 Å². The monoisotopic (exact) mass is 477 g/mol. The van der Waals surface area contributed by atoms with Crippen LogP contribution in [-0.4, -0.2) is 15.0 Å². The van der Waals surface area contributed by atoms with Crippen LogP contribution in [0.5, 0.6) is 35.3 Å². The minimum absolute atomic E-state index is 0.0287. The van der Waals surface area contributed by atoms with Crippen molar-refractivity contribution in [2.75, 3.05) is 0 Å². The van der Waals surface area contributed by atoms with E-state index in [0.717, 1.165) is 33.4 Å². The topological polar surface area (TPSA) is 66.4 Å². The van der Waals surface area contributed by atoms with Crippen molar-refractivity contribution in [3.63, 3.8) is 0 Å². The maximum atomic E-state index is 5.96. The van der Waals surface area contributed by atoms with Gasteiger partial charge in [0.2, 0.25) is 0 Å². The highest BCUT2D eigenvalue weighted by molar-refractivity contribution is 5.64. The van der Waals surface area contributed by atoms with E-state index in [1.165, 1.54) is 0 Å². The molecule has 0 amide bonds. The third kappa shape index (κ3) is 6.24. The molecule has 0 atom stereocenters. The number of hydrogen-bond acceptors (Lipinski definition) is 6. The van der Waals surface area contributed by atoms with E-state index in [1.807, 2.05) is 93.6 Å². The van der Waals surface area contributed by atoms with Gasteiger partial charge in [-0.15, -0.1) is 15.0 Å². The molecule has 0 aliphatic rings. The Morgan fingerprint density at radius 1 is 0.500 bits per heavy atom. The molecule has 0 fully saturated rings. The summed E-state index contributed by atoms with van der Waals surface area (Å²) < 4.78 is 17.9. The molecular formula is C30H27N3O3. The van der Waals surface area contributed by atoms with Gasteiger partial charge in [-0.05, 0) is 73.9 Å². The van der Waals surface area contributed by atoms with Crippen LogP contribution in [0.1, 0.15) is 37.5 Å². The molecule has 0 aliphatic carbocycles. The largest absolute Gasteiger partial charge is 0.424 e. The van der Waals surface area contributed by atoms with Gasteiger partial charge in [-0.1, -0.05) is 72.9 Å². The van der Waals surface area contributed by atoms with E-state index < -0.39 is 0 Å². The van der Waals surface area contributed by atoms with E-state index in [1.54, 1.807) is 0 Å². The van der Waals surface area contributed by atoms with Crippen LogP contribution in [0.3, 0.4) is 0 Å². The minimum Gasteiger partial charge on any atom is -0.424 e. The normalized spacial score (nSPS) is 10.4. The molecular weight excluding hydrogens is 450 g/mol. The maximum Gasteiger partial charge on any atom is 0.331 e. The predicted molar refractivity (Wildman–Crippen MR) is 143 cm³/mol. The Kier molecular flexibility index (Phi) is 7.25. The number of aromatic nitrogens is 3. The molecule has 36 heavy (non-hydrogen) atoms. The van der Waals surface area contributed by atoms with Gasteiger partial charge >= 0.3 is 18.0 Å². The lowest BCUT2D eigenvalue weighted by Crippen LogP contribution is -2.01. The van der Waals surface area contributed by atoms with Crippen LogP contribution < -0.4 is 14.2 Å². The summed E-state index contributed by atoms with van der Waals surface area (Å²) in [5.41, 5.74) is 5.59. The van der Waals surface area contributed by atoms with Crippen molar-refractivity contribution in [3.05, 3.63) is 109 Å². The molecule has 0 radical (unpaired) electrons. The molecule has 6 heteroatoms. The molecule has 1 heterocycles. The maximum absolute atomic E-state index is 5.96. The SMILES string of the molecule is C=C(C)c1cccc(Oc2nc(Oc3cccc(C(=C)C)c3)nc(Oc3cccc(C(=C)C)c3)n2)c1. The molecule has 0 aliphatic heterocycles. The van der Waals surface area contributed by atoms with Gasteiger partial charge in [0.05, 0.1) is 0 Å². The molecule has 4 aromatic rings. The second-order valence-electron chi connectivity index (χ2n) is 8.41. The molecule has 0 unspecified atom stereocenters. The first-order chi connectivity index (χ1) is 17.3. The average molecular weight is 478 g/mol. The Bertz CT molecular complexity index is 1270. The second kappa shape index (κ2) is 10.7. The van der Waals surface area contributed by atoms with Crippen molar-refractivity contribution in [1.29, 1.82) is 0 Å². The molecule has 3 aromatic carbocycles. The molecule has 0 bridgehead atoms. The quantitative estimate of drug-likeness (QED) is 0.241. The zero-order chi connectivity index (χ0) is 25.7. The minimum atomic E-state index is 0.0287. The number of allylic oxidation sites excluding steroid dienone is 3. The third-order valence-electron chi connectivity index (χ3n) is 5.18. The Hall–Kier alpha value is -4.71. The van der Waals surface area contributed by atoms with Gasteiger partial charge in [-0.25, -0.2) is 0 Å². The lowest BCUT2D eigenvalue weighted by molar-refractivity contribution is 0.362. The summed E-state index contributed by atoms with van der Waals surface area (Å²) in [6.45, 7) is 17.7. The molecule has 1 aromatic heterocycles. The van der Waals surface area contributed by atoms with Gasteiger partial charge in [0.25, 0.3) is 0 Å². The number of benzene rings is 3. The van der Waals surface area contributed by atoms with Crippen LogP contribution in [0.2, 0.25) is 0 Å². The summed E-state index contributed by atoms with van der Waals surface area (Å²) in [6.07, 6.45) is 0. The summed E-state index contributed by atoms with van der Waals surface area (Å²) >= 11 is 0. The molecule has 4 rings (SSSR count). The zero-order valence-corrected chi connectivity index (χ0v) is 20.6. The first kappa shape index (κ1) is 24.4. The van der Waals surface area contributed by atoms with Crippen molar-refractivity contribution in [1.82, 2.24) is 15.0 Å². The van der Waals surface area contributed by atoms with E-state index >= 15 is 0 Å². The molecule has 0 spiro atoms. The van der Waals surface area contributed by atoms with Crippen molar-refractivity contribution in [2.24, 2.45) is 0 Å². The Balaban J connectivity index is 1.69. The summed E-state index contributed by atoms with van der Waals surface area (Å²) in [4.78, 5) is 13.1. The van der Waals surface area contributed by atoms with E-state index in [0.29, 0.717) is 17.2 Å². The first-order valence-corrected chi connectivity index (χ1v) is 11.3. The molecule has 180 valence electrons. The Labute approximate surface area is 211 Å². The highest BCUT2D eigenvalue weighted by Gasteiger charge is 2.14. The fraction of sp³-hybridized carbons (Fsp3) is 0.100. The number of nitrogens with zero attached hydrogens (tertiary/aromatic N) is 3. The van der Waals surface area contributed by atoms with Gasteiger partial charge < -0.3 is 14.2 Å². The van der Waals surface area contributed by atoms with Crippen LogP contribution in [-0.2, 0) is 0 Å².